The highest BCUT2D eigenvalue weighted by atomic mass is 32.2. The van der Waals surface area contributed by atoms with Crippen molar-refractivity contribution in [3.8, 4) is 0 Å². The van der Waals surface area contributed by atoms with Crippen molar-refractivity contribution in [2.24, 2.45) is 21.6 Å². The molecule has 13 heteroatoms. The van der Waals surface area contributed by atoms with Crippen LogP contribution in [0.4, 0.5) is 0 Å². The number of sulfonamides is 1. The predicted octanol–water partition coefficient (Wildman–Crippen LogP) is 0.420. The zero-order chi connectivity index (χ0) is 26.2. The molecule has 1 unspecified atom stereocenters. The first-order chi connectivity index (χ1) is 16.3. The quantitative estimate of drug-likeness (QED) is 0.151. The number of hydrogen-bond acceptors (Lipinski definition) is 7. The number of benzene rings is 1. The number of unbranched alkanes of at least 4 members (excludes halogenated alkanes) is 1. The SMILES string of the molecule is CC(C)(C)c1ccc(S(=O)(=O)N[C@@H](CNC(=O)C2=NOC(CCCCN=C(N)N)C2)C(=O)O)cc1. The molecule has 0 fully saturated rings. The van der Waals surface area contributed by atoms with Crippen molar-refractivity contribution in [1.82, 2.24) is 10.0 Å². The molecule has 0 spiro atoms. The van der Waals surface area contributed by atoms with Gasteiger partial charge in [-0.05, 0) is 42.4 Å². The molecule has 7 N–H and O–H groups in total. The van der Waals surface area contributed by atoms with Gasteiger partial charge in [0.15, 0.2) is 5.96 Å². The molecule has 0 saturated carbocycles. The summed E-state index contributed by atoms with van der Waals surface area (Å²) in [6.45, 7) is 6.02. The van der Waals surface area contributed by atoms with Gasteiger partial charge in [0, 0.05) is 19.5 Å². The van der Waals surface area contributed by atoms with Gasteiger partial charge < -0.3 is 26.7 Å². The molecule has 1 aliphatic rings. The minimum atomic E-state index is -4.12. The second-order valence-corrected chi connectivity index (χ2v) is 11.0. The Morgan fingerprint density at radius 2 is 1.89 bits per heavy atom. The number of nitrogens with zero attached hydrogens (tertiary/aromatic N) is 2. The minimum Gasteiger partial charge on any atom is -0.480 e. The summed E-state index contributed by atoms with van der Waals surface area (Å²) in [5, 5.41) is 15.7. The summed E-state index contributed by atoms with van der Waals surface area (Å²) in [6, 6.07) is 4.63. The summed E-state index contributed by atoms with van der Waals surface area (Å²) in [7, 11) is -4.12. The van der Waals surface area contributed by atoms with E-state index in [1.54, 1.807) is 12.1 Å². The summed E-state index contributed by atoms with van der Waals surface area (Å²) < 4.78 is 27.5. The van der Waals surface area contributed by atoms with Crippen LogP contribution in [0.2, 0.25) is 0 Å². The van der Waals surface area contributed by atoms with Crippen LogP contribution in [0.1, 0.15) is 52.0 Å². The van der Waals surface area contributed by atoms with Gasteiger partial charge in [0.25, 0.3) is 5.91 Å². The monoisotopic (exact) mass is 510 g/mol. The van der Waals surface area contributed by atoms with E-state index in [4.69, 9.17) is 16.3 Å². The molecule has 0 aliphatic carbocycles. The van der Waals surface area contributed by atoms with Gasteiger partial charge in [-0.1, -0.05) is 38.1 Å². The second kappa shape index (κ2) is 12.0. The summed E-state index contributed by atoms with van der Waals surface area (Å²) >= 11 is 0. The predicted molar refractivity (Wildman–Crippen MR) is 131 cm³/mol. The largest absolute Gasteiger partial charge is 0.480 e. The van der Waals surface area contributed by atoms with Crippen LogP contribution in [-0.4, -0.2) is 62.3 Å². The normalized spacial score (nSPS) is 16.7. The van der Waals surface area contributed by atoms with Crippen LogP contribution in [0.15, 0.2) is 39.3 Å². The number of carbonyl (C=O) groups excluding carboxylic acids is 1. The van der Waals surface area contributed by atoms with Gasteiger partial charge in [0.1, 0.15) is 17.9 Å². The standard InChI is InChI=1S/C22H34N6O6S/c1-22(2,3)14-7-9-16(10-8-14)35(32,33)28-18(20(30)31)13-26-19(29)17-12-15(34-27-17)6-4-5-11-25-21(23)24/h7-10,15,18,28H,4-6,11-13H2,1-3H3,(H,26,29)(H,30,31)(H4,23,24,25)/t15?,18-/m0/s1. The molecule has 2 rings (SSSR count). The summed E-state index contributed by atoms with van der Waals surface area (Å²) in [6.07, 6.45) is 2.15. The number of aliphatic imine (C=N–C) groups is 1. The number of nitrogens with two attached hydrogens (primary N) is 2. The number of guanidine groups is 1. The zero-order valence-electron chi connectivity index (χ0n) is 20.2. The molecule has 35 heavy (non-hydrogen) atoms. The third-order valence-corrected chi connectivity index (χ3v) is 6.80. The van der Waals surface area contributed by atoms with Crippen molar-refractivity contribution in [3.63, 3.8) is 0 Å². The highest BCUT2D eigenvalue weighted by Crippen LogP contribution is 2.23. The van der Waals surface area contributed by atoms with Gasteiger partial charge in [0.05, 0.1) is 4.90 Å². The number of carboxylic acids is 1. The Kier molecular flexibility index (Phi) is 9.60. The van der Waals surface area contributed by atoms with Crippen LogP contribution in [0.3, 0.4) is 0 Å². The average molecular weight is 511 g/mol. The fourth-order valence-electron chi connectivity index (χ4n) is 3.27. The third kappa shape index (κ3) is 8.83. The molecule has 1 aliphatic heterocycles. The van der Waals surface area contributed by atoms with Crippen LogP contribution in [0.25, 0.3) is 0 Å². The van der Waals surface area contributed by atoms with Crippen molar-refractivity contribution in [2.45, 2.75) is 68.9 Å². The lowest BCUT2D eigenvalue weighted by atomic mass is 9.87. The Balaban J connectivity index is 1.87. The van der Waals surface area contributed by atoms with Gasteiger partial charge in [0.2, 0.25) is 10.0 Å². The number of hydrogen-bond donors (Lipinski definition) is 5. The van der Waals surface area contributed by atoms with Gasteiger partial charge in [-0.25, -0.2) is 8.42 Å². The first-order valence-corrected chi connectivity index (χ1v) is 12.7. The van der Waals surface area contributed by atoms with Crippen LogP contribution >= 0.6 is 0 Å². The lowest BCUT2D eigenvalue weighted by Crippen LogP contribution is -2.49. The van der Waals surface area contributed by atoms with Gasteiger partial charge in [-0.15, -0.1) is 0 Å². The molecule has 1 aromatic carbocycles. The lowest BCUT2D eigenvalue weighted by molar-refractivity contribution is -0.138. The van der Waals surface area contributed by atoms with E-state index in [9.17, 15) is 23.1 Å². The molecule has 1 aromatic rings. The van der Waals surface area contributed by atoms with Crippen LogP contribution < -0.4 is 21.5 Å². The van der Waals surface area contributed by atoms with Crippen LogP contribution in [-0.2, 0) is 29.9 Å². The number of carbonyl (C=O) groups is 2. The van der Waals surface area contributed by atoms with Crippen molar-refractivity contribution in [1.29, 1.82) is 0 Å². The van der Waals surface area contributed by atoms with Gasteiger partial charge in [-0.2, -0.15) is 4.72 Å². The highest BCUT2D eigenvalue weighted by Gasteiger charge is 2.29. The van der Waals surface area contributed by atoms with E-state index < -0.39 is 34.5 Å². The average Bonchev–Trinajstić information content (AvgIpc) is 3.24. The number of nitrogens with one attached hydrogen (secondary N) is 2. The molecule has 0 aromatic heterocycles. The lowest BCUT2D eigenvalue weighted by Gasteiger charge is -2.20. The van der Waals surface area contributed by atoms with Crippen molar-refractivity contribution >= 4 is 33.6 Å². The Bertz CT molecular complexity index is 1060. The number of oxime groups is 1. The first-order valence-electron chi connectivity index (χ1n) is 11.2. The zero-order valence-corrected chi connectivity index (χ0v) is 21.0. The van der Waals surface area contributed by atoms with E-state index in [1.165, 1.54) is 12.1 Å². The van der Waals surface area contributed by atoms with E-state index >= 15 is 0 Å². The van der Waals surface area contributed by atoms with E-state index in [0.29, 0.717) is 13.0 Å². The molecule has 0 bridgehead atoms. The minimum absolute atomic E-state index is 0.0322. The maximum atomic E-state index is 12.7. The molecule has 12 nitrogen and oxygen atoms in total. The van der Waals surface area contributed by atoms with Crippen LogP contribution in [0, 0.1) is 0 Å². The van der Waals surface area contributed by atoms with Crippen molar-refractivity contribution in [2.75, 3.05) is 13.1 Å². The third-order valence-electron chi connectivity index (χ3n) is 5.32. The molecular formula is C22H34N6O6S. The van der Waals surface area contributed by atoms with Crippen molar-refractivity contribution in [3.05, 3.63) is 29.8 Å². The highest BCUT2D eigenvalue weighted by molar-refractivity contribution is 7.89. The van der Waals surface area contributed by atoms with E-state index in [-0.39, 0.29) is 34.5 Å². The maximum absolute atomic E-state index is 12.7. The number of rotatable bonds is 12. The van der Waals surface area contributed by atoms with Crippen molar-refractivity contribution < 1.29 is 28.0 Å². The topological polar surface area (TPSA) is 199 Å². The number of amides is 1. The van der Waals surface area contributed by atoms with E-state index in [0.717, 1.165) is 18.4 Å². The Hall–Kier alpha value is -3.19. The summed E-state index contributed by atoms with van der Waals surface area (Å²) in [4.78, 5) is 33.1. The fraction of sp³-hybridized carbons (Fsp3) is 0.545. The molecule has 2 atom stereocenters. The van der Waals surface area contributed by atoms with Gasteiger partial charge in [-0.3, -0.25) is 14.6 Å². The van der Waals surface area contributed by atoms with Gasteiger partial charge >= 0.3 is 5.97 Å². The maximum Gasteiger partial charge on any atom is 0.323 e. The molecule has 0 saturated heterocycles. The summed E-state index contributed by atoms with van der Waals surface area (Å²) in [5.41, 5.74) is 11.4. The molecule has 0 radical (unpaired) electrons. The number of carboxylic acid groups (broad SMARTS) is 1. The Morgan fingerprint density at radius 1 is 1.23 bits per heavy atom. The van der Waals surface area contributed by atoms with Crippen LogP contribution in [0.5, 0.6) is 0 Å². The molecular weight excluding hydrogens is 476 g/mol. The molecule has 1 amide bonds. The molecule has 1 heterocycles. The number of aliphatic carboxylic acids is 1. The first kappa shape index (κ1) is 28.1. The smallest absolute Gasteiger partial charge is 0.323 e. The Labute approximate surface area is 205 Å². The Morgan fingerprint density at radius 3 is 2.46 bits per heavy atom. The van der Waals surface area contributed by atoms with E-state index in [1.807, 2.05) is 20.8 Å². The second-order valence-electron chi connectivity index (χ2n) is 9.27. The van der Waals surface area contributed by atoms with E-state index in [2.05, 4.69) is 20.2 Å². The molecule has 194 valence electrons. The summed E-state index contributed by atoms with van der Waals surface area (Å²) in [5.74, 6) is -2.01. The fourth-order valence-corrected chi connectivity index (χ4v) is 4.46.